The minimum Gasteiger partial charge on any atom is -0.469 e. The van der Waals surface area contributed by atoms with E-state index >= 15 is 0 Å². The number of rotatable bonds is 8. The zero-order chi connectivity index (χ0) is 19.6. The number of nitrogens with one attached hydrogen (secondary N) is 2. The lowest BCUT2D eigenvalue weighted by Gasteiger charge is -2.33. The molecule has 1 aliphatic rings. The van der Waals surface area contributed by atoms with E-state index in [0.717, 1.165) is 57.2 Å². The van der Waals surface area contributed by atoms with E-state index in [0.29, 0.717) is 12.6 Å². The van der Waals surface area contributed by atoms with Crippen LogP contribution in [0.2, 0.25) is 0 Å². The molecule has 2 aromatic rings. The van der Waals surface area contributed by atoms with Gasteiger partial charge >= 0.3 is 0 Å². The second-order valence-corrected chi connectivity index (χ2v) is 7.56. The van der Waals surface area contributed by atoms with Gasteiger partial charge in [-0.2, -0.15) is 0 Å². The zero-order valence-electron chi connectivity index (χ0n) is 16.9. The van der Waals surface area contributed by atoms with Crippen molar-refractivity contribution in [3.05, 3.63) is 72.2 Å². The third-order valence-electron chi connectivity index (χ3n) is 4.93. The molecule has 150 valence electrons. The smallest absolute Gasteiger partial charge is 0.191 e. The van der Waals surface area contributed by atoms with E-state index in [1.807, 2.05) is 18.2 Å². The molecular weight excluding hydrogens is 348 g/mol. The predicted octanol–water partition coefficient (Wildman–Crippen LogP) is 3.60. The number of nitrogens with zero attached hydrogens (tertiary/aromatic N) is 2. The second kappa shape index (κ2) is 10.7. The van der Waals surface area contributed by atoms with Gasteiger partial charge < -0.3 is 15.1 Å². The van der Waals surface area contributed by atoms with Crippen molar-refractivity contribution >= 4 is 5.96 Å². The van der Waals surface area contributed by atoms with Crippen molar-refractivity contribution in [2.75, 3.05) is 26.2 Å². The van der Waals surface area contributed by atoms with Crippen LogP contribution in [0.15, 0.2) is 70.3 Å². The number of hydrogen-bond donors (Lipinski definition) is 2. The molecule has 0 spiro atoms. The summed E-state index contributed by atoms with van der Waals surface area (Å²) in [6.45, 7) is 10.8. The van der Waals surface area contributed by atoms with E-state index in [9.17, 15) is 0 Å². The third kappa shape index (κ3) is 6.89. The van der Waals surface area contributed by atoms with Crippen LogP contribution in [0.4, 0.5) is 0 Å². The van der Waals surface area contributed by atoms with Crippen LogP contribution >= 0.6 is 0 Å². The van der Waals surface area contributed by atoms with Crippen LogP contribution in [0.1, 0.15) is 31.1 Å². The highest BCUT2D eigenvalue weighted by atomic mass is 16.3. The number of aliphatic imine (C=N–C) groups is 1. The van der Waals surface area contributed by atoms with Crippen LogP contribution in [-0.2, 0) is 13.0 Å². The molecule has 2 heterocycles. The van der Waals surface area contributed by atoms with Gasteiger partial charge in [-0.05, 0) is 37.5 Å². The van der Waals surface area contributed by atoms with Crippen LogP contribution in [0, 0.1) is 0 Å². The number of furan rings is 1. The van der Waals surface area contributed by atoms with Gasteiger partial charge in [-0.3, -0.25) is 4.90 Å². The number of likely N-dealkylation sites (tertiary alicyclic amines) is 1. The summed E-state index contributed by atoms with van der Waals surface area (Å²) in [4.78, 5) is 7.29. The molecule has 0 amide bonds. The first-order valence-electron chi connectivity index (χ1n) is 10.2. The Kier molecular flexibility index (Phi) is 7.73. The van der Waals surface area contributed by atoms with Gasteiger partial charge in [-0.25, -0.2) is 4.99 Å². The first-order chi connectivity index (χ1) is 13.7. The van der Waals surface area contributed by atoms with Crippen molar-refractivity contribution in [1.29, 1.82) is 0 Å². The molecule has 3 rings (SSSR count). The van der Waals surface area contributed by atoms with Gasteiger partial charge in [0, 0.05) is 38.6 Å². The summed E-state index contributed by atoms with van der Waals surface area (Å²) in [6.07, 6.45) is 4.81. The van der Waals surface area contributed by atoms with Gasteiger partial charge in [0.15, 0.2) is 5.96 Å². The summed E-state index contributed by atoms with van der Waals surface area (Å²) < 4.78 is 5.43. The largest absolute Gasteiger partial charge is 0.469 e. The van der Waals surface area contributed by atoms with Gasteiger partial charge in [0.2, 0.25) is 0 Å². The highest BCUT2D eigenvalue weighted by Crippen LogP contribution is 2.11. The zero-order valence-corrected chi connectivity index (χ0v) is 16.9. The topological polar surface area (TPSA) is 52.8 Å². The Hall–Kier alpha value is -2.53. The summed E-state index contributed by atoms with van der Waals surface area (Å²) in [6, 6.07) is 14.8. The molecule has 0 aliphatic carbocycles. The Morgan fingerprint density at radius 2 is 1.96 bits per heavy atom. The molecule has 1 aromatic heterocycles. The van der Waals surface area contributed by atoms with Gasteiger partial charge in [-0.1, -0.05) is 42.5 Å². The molecule has 5 heteroatoms. The SMILES string of the molecule is C=C(C)CN1CCC(NC(=NCc2ccccc2)NCCc2ccco2)CC1. The number of piperidine rings is 1. The summed E-state index contributed by atoms with van der Waals surface area (Å²) in [5, 5.41) is 7.11. The summed E-state index contributed by atoms with van der Waals surface area (Å²) in [7, 11) is 0. The number of benzene rings is 1. The predicted molar refractivity (Wildman–Crippen MR) is 115 cm³/mol. The van der Waals surface area contributed by atoms with Crippen molar-refractivity contribution in [1.82, 2.24) is 15.5 Å². The van der Waals surface area contributed by atoms with E-state index in [-0.39, 0.29) is 0 Å². The average Bonchev–Trinajstić information content (AvgIpc) is 3.21. The maximum absolute atomic E-state index is 5.43. The monoisotopic (exact) mass is 380 g/mol. The van der Waals surface area contributed by atoms with Gasteiger partial charge in [-0.15, -0.1) is 0 Å². The molecule has 0 bridgehead atoms. The Bertz CT molecular complexity index is 731. The molecule has 28 heavy (non-hydrogen) atoms. The molecule has 1 saturated heterocycles. The normalized spacial score (nSPS) is 16.1. The summed E-state index contributed by atoms with van der Waals surface area (Å²) in [5.41, 5.74) is 2.45. The van der Waals surface area contributed by atoms with Crippen molar-refractivity contribution < 1.29 is 4.42 Å². The highest BCUT2D eigenvalue weighted by Gasteiger charge is 2.19. The minimum absolute atomic E-state index is 0.451. The van der Waals surface area contributed by atoms with Crippen molar-refractivity contribution in [3.8, 4) is 0 Å². The molecular formula is C23H32N4O. The average molecular weight is 381 g/mol. The Morgan fingerprint density at radius 1 is 1.18 bits per heavy atom. The molecule has 2 N–H and O–H groups in total. The van der Waals surface area contributed by atoms with E-state index < -0.39 is 0 Å². The van der Waals surface area contributed by atoms with Crippen LogP contribution < -0.4 is 10.6 Å². The second-order valence-electron chi connectivity index (χ2n) is 7.56. The standard InChI is InChI=1S/C23H32N4O/c1-19(2)18-27-14-11-21(12-15-27)26-23(24-13-10-22-9-6-16-28-22)25-17-20-7-4-3-5-8-20/h3-9,16,21H,1,10-15,17-18H2,2H3,(H2,24,25,26). The molecule has 1 aliphatic heterocycles. The summed E-state index contributed by atoms with van der Waals surface area (Å²) >= 11 is 0. The molecule has 0 radical (unpaired) electrons. The summed E-state index contributed by atoms with van der Waals surface area (Å²) in [5.74, 6) is 1.87. The molecule has 0 unspecified atom stereocenters. The first-order valence-corrected chi connectivity index (χ1v) is 10.2. The van der Waals surface area contributed by atoms with Gasteiger partial charge in [0.05, 0.1) is 12.8 Å². The Balaban J connectivity index is 1.53. The molecule has 0 atom stereocenters. The molecule has 1 aromatic carbocycles. The Morgan fingerprint density at radius 3 is 2.64 bits per heavy atom. The third-order valence-corrected chi connectivity index (χ3v) is 4.93. The number of hydrogen-bond acceptors (Lipinski definition) is 3. The lowest BCUT2D eigenvalue weighted by molar-refractivity contribution is 0.221. The molecule has 0 saturated carbocycles. The minimum atomic E-state index is 0.451. The maximum Gasteiger partial charge on any atom is 0.191 e. The van der Waals surface area contributed by atoms with Crippen molar-refractivity contribution in [2.45, 2.75) is 38.8 Å². The van der Waals surface area contributed by atoms with E-state index in [1.54, 1.807) is 6.26 Å². The van der Waals surface area contributed by atoms with Crippen LogP contribution in [0.3, 0.4) is 0 Å². The molecule has 5 nitrogen and oxygen atoms in total. The molecule has 1 fully saturated rings. The lowest BCUT2D eigenvalue weighted by atomic mass is 10.0. The Labute approximate surface area is 168 Å². The van der Waals surface area contributed by atoms with Crippen molar-refractivity contribution in [3.63, 3.8) is 0 Å². The first kappa shape index (κ1) is 20.2. The van der Waals surface area contributed by atoms with E-state index in [1.165, 1.54) is 11.1 Å². The quantitative estimate of drug-likeness (QED) is 0.417. The van der Waals surface area contributed by atoms with Gasteiger partial charge in [0.1, 0.15) is 5.76 Å². The maximum atomic E-state index is 5.43. The van der Waals surface area contributed by atoms with Crippen LogP contribution in [0.25, 0.3) is 0 Å². The van der Waals surface area contributed by atoms with Crippen LogP contribution in [-0.4, -0.2) is 43.1 Å². The van der Waals surface area contributed by atoms with E-state index in [4.69, 9.17) is 9.41 Å². The van der Waals surface area contributed by atoms with E-state index in [2.05, 4.69) is 53.3 Å². The lowest BCUT2D eigenvalue weighted by Crippen LogP contribution is -2.49. The highest BCUT2D eigenvalue weighted by molar-refractivity contribution is 5.80. The fourth-order valence-corrected chi connectivity index (χ4v) is 3.48. The van der Waals surface area contributed by atoms with Gasteiger partial charge in [0.25, 0.3) is 0 Å². The van der Waals surface area contributed by atoms with Crippen molar-refractivity contribution in [2.24, 2.45) is 4.99 Å². The van der Waals surface area contributed by atoms with Crippen LogP contribution in [0.5, 0.6) is 0 Å². The fraction of sp³-hybridized carbons (Fsp3) is 0.435. The fourth-order valence-electron chi connectivity index (χ4n) is 3.48. The number of guanidine groups is 1.